The molecule has 0 radical (unpaired) electrons. The summed E-state index contributed by atoms with van der Waals surface area (Å²) in [7, 11) is 3.23. The zero-order valence-corrected chi connectivity index (χ0v) is 23.8. The van der Waals surface area contributed by atoms with Gasteiger partial charge >= 0.3 is 0 Å². The number of methoxy groups -OCH3 is 2. The number of carbonyl (C=O) groups is 1. The van der Waals surface area contributed by atoms with Gasteiger partial charge in [-0.2, -0.15) is 5.26 Å². The molecule has 3 aliphatic heterocycles. The maximum atomic E-state index is 11.8. The zero-order chi connectivity index (χ0) is 29.2. The number of aromatic nitrogens is 4. The van der Waals surface area contributed by atoms with E-state index in [0.717, 1.165) is 36.6 Å². The van der Waals surface area contributed by atoms with E-state index in [2.05, 4.69) is 37.3 Å². The van der Waals surface area contributed by atoms with E-state index in [-0.39, 0.29) is 17.3 Å². The van der Waals surface area contributed by atoms with Crippen molar-refractivity contribution < 1.29 is 19.0 Å². The lowest BCUT2D eigenvalue weighted by atomic mass is 9.87. The number of nitrogens with zero attached hydrogens (tertiary/aromatic N) is 7. The van der Waals surface area contributed by atoms with E-state index in [1.54, 1.807) is 24.9 Å². The molecule has 2 unspecified atom stereocenters. The first kappa shape index (κ1) is 27.4. The van der Waals surface area contributed by atoms with Gasteiger partial charge in [-0.1, -0.05) is 6.07 Å². The standard InChI is InChI=1S/C30H32N8O4/c1-19(39)34-30-26(12-31)29-25(11-24(18-38(29)35-30)42-9-8-40-2)21-5-6-27(32-14-21)36-16-22-10-23(17-36)37(22)15-20-4-7-28(41-3)33-13-20/h4-7,11,13-14,18,22-23H,8-10,15-17H2,1-3H3,(H,34,35,39). The van der Waals surface area contributed by atoms with Crippen LogP contribution < -0.4 is 19.7 Å². The van der Waals surface area contributed by atoms with Gasteiger partial charge in [0.25, 0.3) is 0 Å². The van der Waals surface area contributed by atoms with Gasteiger partial charge in [0.05, 0.1) is 25.4 Å². The second kappa shape index (κ2) is 11.6. The molecular weight excluding hydrogens is 536 g/mol. The Labute approximate surface area is 243 Å². The Balaban J connectivity index is 1.23. The number of nitrogens with one attached hydrogen (secondary N) is 1. The number of hydrogen-bond donors (Lipinski definition) is 1. The molecule has 2 atom stereocenters. The average Bonchev–Trinajstić information content (AvgIpc) is 3.36. The maximum absolute atomic E-state index is 11.8. The predicted molar refractivity (Wildman–Crippen MR) is 156 cm³/mol. The molecule has 1 N–H and O–H groups in total. The summed E-state index contributed by atoms with van der Waals surface area (Å²) >= 11 is 0. The summed E-state index contributed by atoms with van der Waals surface area (Å²) in [6.07, 6.45) is 6.57. The highest BCUT2D eigenvalue weighted by Crippen LogP contribution is 2.37. The van der Waals surface area contributed by atoms with Crippen LogP contribution in [0.5, 0.6) is 11.6 Å². The Hall–Kier alpha value is -4.73. The summed E-state index contributed by atoms with van der Waals surface area (Å²) < 4.78 is 17.7. The Morgan fingerprint density at radius 3 is 2.60 bits per heavy atom. The molecule has 3 aliphatic rings. The molecule has 7 heterocycles. The van der Waals surface area contributed by atoms with Crippen LogP contribution in [0.25, 0.3) is 16.6 Å². The minimum absolute atomic E-state index is 0.201. The minimum Gasteiger partial charge on any atom is -0.490 e. The highest BCUT2D eigenvalue weighted by Gasteiger charge is 2.44. The molecule has 7 rings (SSSR count). The van der Waals surface area contributed by atoms with Crippen molar-refractivity contribution in [2.24, 2.45) is 0 Å². The number of ether oxygens (including phenoxy) is 3. The minimum atomic E-state index is -0.308. The van der Waals surface area contributed by atoms with Gasteiger partial charge in [-0.25, -0.2) is 14.5 Å². The summed E-state index contributed by atoms with van der Waals surface area (Å²) in [6, 6.07) is 13.0. The summed E-state index contributed by atoms with van der Waals surface area (Å²) in [5, 5.41) is 17.1. The van der Waals surface area contributed by atoms with Crippen molar-refractivity contribution in [1.82, 2.24) is 24.5 Å². The number of amides is 1. The van der Waals surface area contributed by atoms with Gasteiger partial charge in [0, 0.05) is 75.3 Å². The first-order valence-electron chi connectivity index (χ1n) is 13.8. The Morgan fingerprint density at radius 2 is 1.95 bits per heavy atom. The Bertz CT molecular complexity index is 1620. The molecule has 1 amide bonds. The zero-order valence-electron chi connectivity index (χ0n) is 23.8. The molecule has 4 aromatic heterocycles. The normalized spacial score (nSPS) is 17.9. The second-order valence-corrected chi connectivity index (χ2v) is 10.5. The van der Waals surface area contributed by atoms with Crippen LogP contribution in [0, 0.1) is 11.3 Å². The highest BCUT2D eigenvalue weighted by molar-refractivity contribution is 5.94. The van der Waals surface area contributed by atoms with Crippen molar-refractivity contribution in [1.29, 1.82) is 5.26 Å². The van der Waals surface area contributed by atoms with E-state index in [1.807, 2.05) is 36.7 Å². The number of pyridine rings is 3. The summed E-state index contributed by atoms with van der Waals surface area (Å²) in [6.45, 7) is 4.84. The smallest absolute Gasteiger partial charge is 0.222 e. The van der Waals surface area contributed by atoms with E-state index in [1.165, 1.54) is 18.9 Å². The monoisotopic (exact) mass is 568 g/mol. The van der Waals surface area contributed by atoms with Gasteiger partial charge in [-0.3, -0.25) is 9.69 Å². The first-order valence-corrected chi connectivity index (χ1v) is 13.8. The lowest BCUT2D eigenvalue weighted by Crippen LogP contribution is -2.68. The summed E-state index contributed by atoms with van der Waals surface area (Å²) in [4.78, 5) is 25.8. The molecule has 0 aromatic carbocycles. The van der Waals surface area contributed by atoms with Crippen LogP contribution in [-0.4, -0.2) is 83.0 Å². The van der Waals surface area contributed by atoms with E-state index in [0.29, 0.717) is 42.4 Å². The molecule has 0 spiro atoms. The maximum Gasteiger partial charge on any atom is 0.222 e. The Morgan fingerprint density at radius 1 is 1.12 bits per heavy atom. The number of anilines is 2. The Kier molecular flexibility index (Phi) is 7.60. The summed E-state index contributed by atoms with van der Waals surface area (Å²) in [5.41, 5.74) is 3.56. The van der Waals surface area contributed by atoms with Crippen molar-refractivity contribution in [3.05, 3.63) is 60.0 Å². The number of piperazine rings is 1. The van der Waals surface area contributed by atoms with E-state index >= 15 is 0 Å². The lowest BCUT2D eigenvalue weighted by Gasteiger charge is -2.56. The van der Waals surface area contributed by atoms with Crippen molar-refractivity contribution in [3.63, 3.8) is 0 Å². The van der Waals surface area contributed by atoms with Crippen LogP contribution >= 0.6 is 0 Å². The van der Waals surface area contributed by atoms with Gasteiger partial charge in [0.2, 0.25) is 11.8 Å². The average molecular weight is 569 g/mol. The molecule has 3 saturated heterocycles. The third kappa shape index (κ3) is 5.32. The van der Waals surface area contributed by atoms with Crippen LogP contribution in [0.4, 0.5) is 11.6 Å². The van der Waals surface area contributed by atoms with Gasteiger partial charge in [-0.05, 0) is 30.2 Å². The number of piperidine rings is 1. The molecule has 4 aromatic rings. The molecule has 12 heteroatoms. The predicted octanol–water partition coefficient (Wildman–Crippen LogP) is 3.12. The van der Waals surface area contributed by atoms with Crippen molar-refractivity contribution in [3.8, 4) is 28.8 Å². The summed E-state index contributed by atoms with van der Waals surface area (Å²) in [5.74, 6) is 1.99. The molecule has 42 heavy (non-hydrogen) atoms. The van der Waals surface area contributed by atoms with Gasteiger partial charge < -0.3 is 24.4 Å². The number of hydrogen-bond acceptors (Lipinski definition) is 10. The van der Waals surface area contributed by atoms with E-state index in [9.17, 15) is 10.1 Å². The lowest BCUT2D eigenvalue weighted by molar-refractivity contribution is -0.114. The highest BCUT2D eigenvalue weighted by atomic mass is 16.5. The fourth-order valence-electron chi connectivity index (χ4n) is 5.76. The largest absolute Gasteiger partial charge is 0.490 e. The van der Waals surface area contributed by atoms with Crippen LogP contribution in [0.1, 0.15) is 24.5 Å². The molecule has 0 aliphatic carbocycles. The van der Waals surface area contributed by atoms with Crippen LogP contribution in [0.3, 0.4) is 0 Å². The number of carbonyl (C=O) groups excluding carboxylic acids is 1. The number of rotatable bonds is 10. The molecule has 2 bridgehead atoms. The number of nitriles is 1. The molecular formula is C30H32N8O4. The first-order chi connectivity index (χ1) is 20.5. The molecule has 216 valence electrons. The number of fused-ring (bicyclic) bond motifs is 3. The second-order valence-electron chi connectivity index (χ2n) is 10.5. The van der Waals surface area contributed by atoms with E-state index in [4.69, 9.17) is 19.2 Å². The third-order valence-corrected chi connectivity index (χ3v) is 7.76. The molecule has 12 nitrogen and oxygen atoms in total. The van der Waals surface area contributed by atoms with Crippen molar-refractivity contribution in [2.45, 2.75) is 32.0 Å². The van der Waals surface area contributed by atoms with E-state index < -0.39 is 0 Å². The fraction of sp³-hybridized carbons (Fsp3) is 0.367. The third-order valence-electron chi connectivity index (χ3n) is 7.76. The molecule has 0 saturated carbocycles. The van der Waals surface area contributed by atoms with Crippen LogP contribution in [0.15, 0.2) is 48.9 Å². The SMILES string of the molecule is COCCOc1cc(-c2ccc(N3CC4CC(C3)N4Cc3ccc(OC)nc3)nc2)c2c(C#N)c(NC(C)=O)nn2c1. The van der Waals surface area contributed by atoms with Crippen LogP contribution in [-0.2, 0) is 16.1 Å². The van der Waals surface area contributed by atoms with Gasteiger partial charge in [0.1, 0.15) is 29.8 Å². The van der Waals surface area contributed by atoms with Crippen LogP contribution in [0.2, 0.25) is 0 Å². The van der Waals surface area contributed by atoms with Crippen molar-refractivity contribution in [2.75, 3.05) is 50.7 Å². The molecule has 3 fully saturated rings. The quantitative estimate of drug-likeness (QED) is 0.285. The van der Waals surface area contributed by atoms with Gasteiger partial charge in [-0.15, -0.1) is 5.10 Å². The fourth-order valence-corrected chi connectivity index (χ4v) is 5.76. The topological polar surface area (TPSA) is 130 Å². The van der Waals surface area contributed by atoms with Gasteiger partial charge in [0.15, 0.2) is 5.82 Å². The van der Waals surface area contributed by atoms with Crippen molar-refractivity contribution >= 4 is 23.1 Å².